The van der Waals surface area contributed by atoms with E-state index in [1.807, 2.05) is 18.2 Å². The van der Waals surface area contributed by atoms with Gasteiger partial charge in [-0.1, -0.05) is 53.6 Å². The fourth-order valence-electron chi connectivity index (χ4n) is 3.89. The van der Waals surface area contributed by atoms with E-state index in [1.54, 1.807) is 18.2 Å². The van der Waals surface area contributed by atoms with Gasteiger partial charge >= 0.3 is 5.97 Å². The lowest BCUT2D eigenvalue weighted by Crippen LogP contribution is -2.30. The van der Waals surface area contributed by atoms with Gasteiger partial charge in [-0.2, -0.15) is 0 Å². The minimum absolute atomic E-state index is 0.108. The van der Waals surface area contributed by atoms with Crippen molar-refractivity contribution in [3.05, 3.63) is 75.3 Å². The number of nitrogens with one attached hydrogen (secondary N) is 1. The number of carboxylic acid groups (broad SMARTS) is 1. The van der Waals surface area contributed by atoms with Crippen LogP contribution in [0.2, 0.25) is 10.0 Å². The Balaban J connectivity index is 1.86. The van der Waals surface area contributed by atoms with E-state index in [0.29, 0.717) is 15.6 Å². The van der Waals surface area contributed by atoms with Crippen LogP contribution in [0.1, 0.15) is 39.9 Å². The molecule has 0 aromatic heterocycles. The van der Waals surface area contributed by atoms with Crippen LogP contribution in [0.4, 0.5) is 5.69 Å². The summed E-state index contributed by atoms with van der Waals surface area (Å²) in [4.78, 5) is 11.6. The maximum Gasteiger partial charge on any atom is 0.336 e. The van der Waals surface area contributed by atoms with E-state index in [9.17, 15) is 9.90 Å². The van der Waals surface area contributed by atoms with Crippen molar-refractivity contribution in [1.29, 1.82) is 0 Å². The third kappa shape index (κ3) is 2.40. The second kappa shape index (κ2) is 5.83. The van der Waals surface area contributed by atoms with Crippen LogP contribution in [-0.2, 0) is 0 Å². The quantitative estimate of drug-likeness (QED) is 0.694. The van der Waals surface area contributed by atoms with E-state index >= 15 is 0 Å². The molecule has 1 aliphatic carbocycles. The van der Waals surface area contributed by atoms with E-state index in [1.165, 1.54) is 0 Å². The predicted octanol–water partition coefficient (Wildman–Crippen LogP) is 5.52. The maximum absolute atomic E-state index is 11.6. The lowest BCUT2D eigenvalue weighted by atomic mass is 9.76. The van der Waals surface area contributed by atoms with Gasteiger partial charge in [-0.25, -0.2) is 4.79 Å². The molecule has 2 aromatic carbocycles. The highest BCUT2D eigenvalue weighted by molar-refractivity contribution is 6.36. The van der Waals surface area contributed by atoms with Crippen molar-refractivity contribution in [3.8, 4) is 0 Å². The molecule has 0 saturated heterocycles. The molecule has 1 heterocycles. The minimum Gasteiger partial charge on any atom is -0.478 e. The molecule has 2 N–H and O–H groups in total. The molecule has 0 unspecified atom stereocenters. The summed E-state index contributed by atoms with van der Waals surface area (Å²) in [5, 5.41) is 14.2. The van der Waals surface area contributed by atoms with Gasteiger partial charge in [0.1, 0.15) is 0 Å². The predicted molar refractivity (Wildman–Crippen MR) is 96.2 cm³/mol. The van der Waals surface area contributed by atoms with E-state index < -0.39 is 5.97 Å². The SMILES string of the molecule is O=C(O)c1ccccc1[C@@H]1Nc2c(Cl)cc(Cl)cc2[C@H]2C=CC[C@H]21. The first kappa shape index (κ1) is 15.6. The van der Waals surface area contributed by atoms with E-state index in [4.69, 9.17) is 23.2 Å². The van der Waals surface area contributed by atoms with Crippen LogP contribution in [-0.4, -0.2) is 11.1 Å². The summed E-state index contributed by atoms with van der Waals surface area (Å²) in [6, 6.07) is 10.7. The summed E-state index contributed by atoms with van der Waals surface area (Å²) in [5.41, 5.74) is 3.05. The van der Waals surface area contributed by atoms with Crippen molar-refractivity contribution < 1.29 is 9.90 Å². The van der Waals surface area contributed by atoms with Gasteiger partial charge in [0.15, 0.2) is 0 Å². The van der Waals surface area contributed by atoms with Crippen LogP contribution in [0.5, 0.6) is 0 Å². The molecule has 3 nitrogen and oxygen atoms in total. The molecule has 4 rings (SSSR count). The normalized spacial score (nSPS) is 24.2. The maximum atomic E-state index is 11.6. The van der Waals surface area contributed by atoms with Crippen LogP contribution in [0, 0.1) is 5.92 Å². The number of hydrogen-bond acceptors (Lipinski definition) is 2. The first-order valence-corrected chi connectivity index (χ1v) is 8.56. The molecule has 0 fully saturated rings. The van der Waals surface area contributed by atoms with Crippen LogP contribution in [0.25, 0.3) is 0 Å². The Morgan fingerprint density at radius 2 is 1.96 bits per heavy atom. The molecule has 0 spiro atoms. The number of rotatable bonds is 2. The van der Waals surface area contributed by atoms with Crippen LogP contribution in [0.15, 0.2) is 48.6 Å². The first-order chi connectivity index (χ1) is 11.6. The van der Waals surface area contributed by atoms with Gasteiger partial charge in [0, 0.05) is 10.9 Å². The molecule has 1 aliphatic heterocycles. The number of fused-ring (bicyclic) bond motifs is 3. The Labute approximate surface area is 149 Å². The zero-order chi connectivity index (χ0) is 16.8. The van der Waals surface area contributed by atoms with Crippen molar-refractivity contribution in [2.24, 2.45) is 5.92 Å². The van der Waals surface area contributed by atoms with Crippen molar-refractivity contribution in [2.45, 2.75) is 18.4 Å². The van der Waals surface area contributed by atoms with Gasteiger partial charge in [-0.15, -0.1) is 0 Å². The van der Waals surface area contributed by atoms with Crippen LogP contribution in [0.3, 0.4) is 0 Å². The number of aromatic carboxylic acids is 1. The zero-order valence-corrected chi connectivity index (χ0v) is 14.2. The second-order valence-electron chi connectivity index (χ2n) is 6.22. The molecule has 5 heteroatoms. The molecule has 2 aliphatic rings. The van der Waals surface area contributed by atoms with E-state index in [-0.39, 0.29) is 17.9 Å². The number of halogens is 2. The van der Waals surface area contributed by atoms with E-state index in [2.05, 4.69) is 17.5 Å². The second-order valence-corrected chi connectivity index (χ2v) is 7.06. The van der Waals surface area contributed by atoms with Gasteiger partial charge < -0.3 is 10.4 Å². The zero-order valence-electron chi connectivity index (χ0n) is 12.7. The van der Waals surface area contributed by atoms with Crippen molar-refractivity contribution in [3.63, 3.8) is 0 Å². The molecular formula is C19H15Cl2NO2. The smallest absolute Gasteiger partial charge is 0.336 e. The van der Waals surface area contributed by atoms with Crippen molar-refractivity contribution in [2.75, 3.05) is 5.32 Å². The number of allylic oxidation sites excluding steroid dienone is 2. The average Bonchev–Trinajstić information content (AvgIpc) is 3.04. The number of carboxylic acids is 1. The molecule has 0 saturated carbocycles. The Morgan fingerprint density at radius 1 is 1.17 bits per heavy atom. The first-order valence-electron chi connectivity index (χ1n) is 7.80. The summed E-state index contributed by atoms with van der Waals surface area (Å²) in [6.07, 6.45) is 5.21. The fraction of sp³-hybridized carbons (Fsp3) is 0.211. The summed E-state index contributed by atoms with van der Waals surface area (Å²) >= 11 is 12.6. The monoisotopic (exact) mass is 359 g/mol. The molecule has 0 radical (unpaired) electrons. The van der Waals surface area contributed by atoms with Gasteiger partial charge in [0.05, 0.1) is 22.3 Å². The van der Waals surface area contributed by atoms with Crippen molar-refractivity contribution >= 4 is 34.9 Å². The van der Waals surface area contributed by atoms with Crippen molar-refractivity contribution in [1.82, 2.24) is 0 Å². The Hall–Kier alpha value is -1.97. The Morgan fingerprint density at radius 3 is 2.75 bits per heavy atom. The average molecular weight is 360 g/mol. The summed E-state index contributed by atoms with van der Waals surface area (Å²) in [7, 11) is 0. The minimum atomic E-state index is -0.914. The summed E-state index contributed by atoms with van der Waals surface area (Å²) in [6.45, 7) is 0. The van der Waals surface area contributed by atoms with Crippen LogP contribution >= 0.6 is 23.2 Å². The Bertz CT molecular complexity index is 862. The molecule has 0 bridgehead atoms. The molecule has 3 atom stereocenters. The van der Waals surface area contributed by atoms with Gasteiger partial charge in [0.25, 0.3) is 0 Å². The lowest BCUT2D eigenvalue weighted by molar-refractivity contribution is 0.0694. The highest BCUT2D eigenvalue weighted by Crippen LogP contribution is 2.52. The number of benzene rings is 2. The third-order valence-corrected chi connectivity index (χ3v) is 5.43. The van der Waals surface area contributed by atoms with Gasteiger partial charge in [0.2, 0.25) is 0 Å². The van der Waals surface area contributed by atoms with Crippen LogP contribution < -0.4 is 5.32 Å². The molecular weight excluding hydrogens is 345 g/mol. The third-order valence-electron chi connectivity index (χ3n) is 4.91. The lowest BCUT2D eigenvalue weighted by Gasteiger charge is -2.38. The molecule has 0 amide bonds. The highest BCUT2D eigenvalue weighted by Gasteiger charge is 2.40. The number of anilines is 1. The highest BCUT2D eigenvalue weighted by atomic mass is 35.5. The summed E-state index contributed by atoms with van der Waals surface area (Å²) < 4.78 is 0. The fourth-order valence-corrected chi connectivity index (χ4v) is 4.46. The van der Waals surface area contributed by atoms with E-state index in [0.717, 1.165) is 23.2 Å². The summed E-state index contributed by atoms with van der Waals surface area (Å²) in [5.74, 6) is -0.486. The molecule has 2 aromatic rings. The standard InChI is InChI=1S/C19H15Cl2NO2/c20-10-8-15-11-6-3-7-12(11)17(22-18(15)16(21)9-10)13-4-1-2-5-14(13)19(23)24/h1-6,8-9,11-12,17,22H,7H2,(H,23,24)/t11-,12+,17+/m0/s1. The molecule has 24 heavy (non-hydrogen) atoms. The number of carbonyl (C=O) groups is 1. The Kier molecular flexibility index (Phi) is 3.78. The van der Waals surface area contributed by atoms with Gasteiger partial charge in [-0.3, -0.25) is 0 Å². The molecule has 122 valence electrons. The van der Waals surface area contributed by atoms with Gasteiger partial charge in [-0.05, 0) is 41.7 Å². The largest absolute Gasteiger partial charge is 0.478 e. The number of hydrogen-bond donors (Lipinski definition) is 2. The topological polar surface area (TPSA) is 49.3 Å².